The largest absolute Gasteiger partial charge is 0.461 e. The first-order chi connectivity index (χ1) is 12.9. The average molecular weight is 387 g/mol. The number of aromatic nitrogens is 1. The van der Waals surface area contributed by atoms with Crippen molar-refractivity contribution in [2.75, 3.05) is 0 Å². The Kier molecular flexibility index (Phi) is 4.12. The van der Waals surface area contributed by atoms with Crippen LogP contribution in [0.5, 0.6) is 0 Å². The van der Waals surface area contributed by atoms with E-state index in [1.807, 2.05) is 0 Å². The smallest absolute Gasteiger partial charge is 0.238 e. The first-order valence-corrected chi connectivity index (χ1v) is 9.84. The van der Waals surface area contributed by atoms with Crippen LogP contribution in [-0.4, -0.2) is 19.5 Å². The summed E-state index contributed by atoms with van der Waals surface area (Å²) >= 11 is 0. The quantitative estimate of drug-likeness (QED) is 0.665. The van der Waals surface area contributed by atoms with Gasteiger partial charge in [-0.1, -0.05) is 17.3 Å². The molecule has 3 aromatic rings. The van der Waals surface area contributed by atoms with Crippen molar-refractivity contribution < 1.29 is 22.2 Å². The fourth-order valence-electron chi connectivity index (χ4n) is 2.91. The molecule has 1 fully saturated rings. The van der Waals surface area contributed by atoms with Gasteiger partial charge in [-0.3, -0.25) is 4.79 Å². The number of rotatable bonds is 6. The third kappa shape index (κ3) is 3.38. The summed E-state index contributed by atoms with van der Waals surface area (Å²) in [6.45, 7) is 0.272. The molecule has 9 heteroatoms. The summed E-state index contributed by atoms with van der Waals surface area (Å²) in [6, 6.07) is 11.3. The molecule has 8 nitrogen and oxygen atoms in total. The van der Waals surface area contributed by atoms with Crippen LogP contribution in [0.2, 0.25) is 0 Å². The molecule has 0 radical (unpaired) electrons. The summed E-state index contributed by atoms with van der Waals surface area (Å²) in [5, 5.41) is 12.0. The third-order valence-electron chi connectivity index (χ3n) is 4.65. The molecule has 0 bridgehead atoms. The molecule has 1 amide bonds. The monoisotopic (exact) mass is 387 g/mol. The predicted molar refractivity (Wildman–Crippen MR) is 94.8 cm³/mol. The molecule has 2 aromatic heterocycles. The molecule has 27 heavy (non-hydrogen) atoms. The summed E-state index contributed by atoms with van der Waals surface area (Å²) in [7, 11) is -3.73. The van der Waals surface area contributed by atoms with Crippen molar-refractivity contribution >= 4 is 15.9 Å². The molecule has 4 rings (SSSR count). The highest BCUT2D eigenvalue weighted by atomic mass is 32.2. The molecule has 2 heterocycles. The van der Waals surface area contributed by atoms with Gasteiger partial charge in [-0.15, -0.1) is 0 Å². The van der Waals surface area contributed by atoms with E-state index in [0.717, 1.165) is 5.56 Å². The van der Waals surface area contributed by atoms with Gasteiger partial charge in [0.1, 0.15) is 0 Å². The van der Waals surface area contributed by atoms with Gasteiger partial charge in [-0.05, 0) is 42.7 Å². The second kappa shape index (κ2) is 6.36. The van der Waals surface area contributed by atoms with Crippen LogP contribution in [0, 0.1) is 0 Å². The molecule has 0 saturated heterocycles. The number of carbonyl (C=O) groups is 1. The molecule has 1 aliphatic rings. The van der Waals surface area contributed by atoms with Crippen molar-refractivity contribution in [1.29, 1.82) is 0 Å². The zero-order valence-electron chi connectivity index (χ0n) is 14.2. The fraction of sp³-hybridized carbons (Fsp3) is 0.222. The van der Waals surface area contributed by atoms with Crippen molar-refractivity contribution in [1.82, 2.24) is 10.5 Å². The molecule has 1 aromatic carbocycles. The van der Waals surface area contributed by atoms with Gasteiger partial charge in [0.2, 0.25) is 21.7 Å². The summed E-state index contributed by atoms with van der Waals surface area (Å²) < 4.78 is 33.1. The second-order valence-electron chi connectivity index (χ2n) is 6.51. The summed E-state index contributed by atoms with van der Waals surface area (Å²) in [5.41, 5.74) is 0.661. The van der Waals surface area contributed by atoms with Crippen LogP contribution < -0.4 is 10.5 Å². The number of nitrogens with zero attached hydrogens (tertiary/aromatic N) is 1. The molecule has 3 N–H and O–H groups in total. The molecular formula is C18H17N3O5S. The van der Waals surface area contributed by atoms with Crippen molar-refractivity contribution in [3.63, 3.8) is 0 Å². The molecule has 140 valence electrons. The van der Waals surface area contributed by atoms with Crippen molar-refractivity contribution in [2.45, 2.75) is 29.7 Å². The summed E-state index contributed by atoms with van der Waals surface area (Å²) in [6.07, 6.45) is 2.92. The fourth-order valence-corrected chi connectivity index (χ4v) is 3.42. The second-order valence-corrected chi connectivity index (χ2v) is 8.07. The Morgan fingerprint density at radius 2 is 1.93 bits per heavy atom. The lowest BCUT2D eigenvalue weighted by molar-refractivity contribution is -0.123. The minimum absolute atomic E-state index is 0.0318. The average Bonchev–Trinajstić information content (AvgIpc) is 3.07. The van der Waals surface area contributed by atoms with Crippen LogP contribution in [-0.2, 0) is 26.8 Å². The Bertz CT molecular complexity index is 1060. The zero-order chi connectivity index (χ0) is 19.1. The lowest BCUT2D eigenvalue weighted by Gasteiger charge is -2.12. The molecule has 0 atom stereocenters. The van der Waals surface area contributed by atoms with E-state index in [1.54, 1.807) is 30.3 Å². The van der Waals surface area contributed by atoms with Crippen LogP contribution in [0.4, 0.5) is 0 Å². The van der Waals surface area contributed by atoms with E-state index in [9.17, 15) is 13.2 Å². The number of furan rings is 1. The van der Waals surface area contributed by atoms with E-state index in [1.165, 1.54) is 18.4 Å². The van der Waals surface area contributed by atoms with Gasteiger partial charge in [0, 0.05) is 12.6 Å². The van der Waals surface area contributed by atoms with Crippen molar-refractivity contribution in [3.8, 4) is 11.5 Å². The molecule has 0 spiro atoms. The van der Waals surface area contributed by atoms with E-state index < -0.39 is 15.4 Å². The van der Waals surface area contributed by atoms with E-state index in [-0.39, 0.29) is 17.3 Å². The van der Waals surface area contributed by atoms with E-state index in [0.29, 0.717) is 30.1 Å². The Morgan fingerprint density at radius 1 is 1.19 bits per heavy atom. The molecule has 0 unspecified atom stereocenters. The molecule has 1 aliphatic carbocycles. The minimum atomic E-state index is -3.73. The highest BCUT2D eigenvalue weighted by Crippen LogP contribution is 2.48. The first kappa shape index (κ1) is 17.5. The Hall–Kier alpha value is -2.91. The number of sulfonamides is 1. The summed E-state index contributed by atoms with van der Waals surface area (Å²) in [5.74, 6) is 0.893. The van der Waals surface area contributed by atoms with Crippen LogP contribution in [0.1, 0.15) is 24.1 Å². The van der Waals surface area contributed by atoms with Crippen LogP contribution in [0.25, 0.3) is 11.5 Å². The number of nitrogens with two attached hydrogens (primary N) is 1. The predicted octanol–water partition coefficient (Wildman–Crippen LogP) is 1.93. The highest BCUT2D eigenvalue weighted by molar-refractivity contribution is 7.89. The van der Waals surface area contributed by atoms with E-state index in [2.05, 4.69) is 10.5 Å². The number of hydrogen-bond acceptors (Lipinski definition) is 6. The number of primary sulfonamides is 1. The third-order valence-corrected chi connectivity index (χ3v) is 5.58. The number of carbonyl (C=O) groups excluding carboxylic acids is 1. The Balaban J connectivity index is 1.44. The molecular weight excluding hydrogens is 370 g/mol. The maximum Gasteiger partial charge on any atom is 0.238 e. The highest BCUT2D eigenvalue weighted by Gasteiger charge is 2.53. The number of hydrogen-bond donors (Lipinski definition) is 2. The lowest BCUT2D eigenvalue weighted by Crippen LogP contribution is -2.34. The minimum Gasteiger partial charge on any atom is -0.461 e. The van der Waals surface area contributed by atoms with Crippen molar-refractivity contribution in [2.24, 2.45) is 5.14 Å². The summed E-state index contributed by atoms with van der Waals surface area (Å²) in [4.78, 5) is 12.7. The number of benzene rings is 1. The zero-order valence-corrected chi connectivity index (χ0v) is 15.0. The molecule has 1 saturated carbocycles. The Labute approximate surface area is 155 Å². The first-order valence-electron chi connectivity index (χ1n) is 8.30. The topological polar surface area (TPSA) is 128 Å². The van der Waals surface area contributed by atoms with Crippen LogP contribution >= 0.6 is 0 Å². The SMILES string of the molecule is NS(=O)(=O)c1ccc(CNC(=O)C2(c3cc(-c4ccco4)on3)CC2)cc1. The number of nitrogens with one attached hydrogen (secondary N) is 1. The van der Waals surface area contributed by atoms with Crippen LogP contribution in [0.3, 0.4) is 0 Å². The lowest BCUT2D eigenvalue weighted by atomic mass is 10.0. The van der Waals surface area contributed by atoms with Crippen molar-refractivity contribution in [3.05, 3.63) is 60.0 Å². The Morgan fingerprint density at radius 3 is 2.52 bits per heavy atom. The van der Waals surface area contributed by atoms with Gasteiger partial charge in [0.05, 0.1) is 22.3 Å². The van der Waals surface area contributed by atoms with Gasteiger partial charge < -0.3 is 14.3 Å². The van der Waals surface area contributed by atoms with Gasteiger partial charge in [-0.2, -0.15) is 0 Å². The van der Waals surface area contributed by atoms with Gasteiger partial charge in [-0.25, -0.2) is 13.6 Å². The standard InChI is InChI=1S/C18H17N3O5S/c19-27(23,24)13-5-3-12(4-6-13)11-20-17(22)18(7-8-18)16-10-15(26-21-16)14-2-1-9-25-14/h1-6,9-10H,7-8,11H2,(H,20,22)(H2,19,23,24). The van der Waals surface area contributed by atoms with E-state index in [4.69, 9.17) is 14.1 Å². The van der Waals surface area contributed by atoms with Crippen LogP contribution in [0.15, 0.2) is 62.6 Å². The van der Waals surface area contributed by atoms with Gasteiger partial charge in [0.25, 0.3) is 0 Å². The molecule has 0 aliphatic heterocycles. The maximum absolute atomic E-state index is 12.7. The maximum atomic E-state index is 12.7. The normalized spacial score (nSPS) is 15.4. The number of amides is 1. The van der Waals surface area contributed by atoms with E-state index >= 15 is 0 Å². The van der Waals surface area contributed by atoms with Gasteiger partial charge in [0.15, 0.2) is 5.76 Å². The van der Waals surface area contributed by atoms with Gasteiger partial charge >= 0.3 is 0 Å².